The number of nitrogens with zero attached hydrogens (tertiary/aromatic N) is 2. The van der Waals surface area contributed by atoms with Crippen LogP contribution in [0.15, 0.2) is 6.07 Å². The maximum Gasteiger partial charge on any atom is 0.218 e. The largest absolute Gasteiger partial charge is 0.475 e. The zero-order chi connectivity index (χ0) is 13.9. The third-order valence-electron chi connectivity index (χ3n) is 2.22. The number of ether oxygens (including phenoxy) is 3. The van der Waals surface area contributed by atoms with Crippen LogP contribution in [0.5, 0.6) is 5.88 Å². The van der Waals surface area contributed by atoms with Gasteiger partial charge in [0, 0.05) is 25.8 Å². The average Bonchev–Trinajstić information content (AvgIpc) is 2.42. The first kappa shape index (κ1) is 15.7. The van der Waals surface area contributed by atoms with Crippen LogP contribution in [0.4, 0.5) is 5.82 Å². The summed E-state index contributed by atoms with van der Waals surface area (Å²) in [6, 6.07) is 1.78. The normalized spacial score (nSPS) is 10.5. The lowest BCUT2D eigenvalue weighted by atomic mass is 10.5. The minimum Gasteiger partial charge on any atom is -0.475 e. The Bertz CT molecular complexity index is 361. The van der Waals surface area contributed by atoms with E-state index in [0.717, 1.165) is 12.4 Å². The highest BCUT2D eigenvalue weighted by Gasteiger charge is 2.05. The Kier molecular flexibility index (Phi) is 7.84. The zero-order valence-corrected chi connectivity index (χ0v) is 11.9. The van der Waals surface area contributed by atoms with Gasteiger partial charge in [-0.25, -0.2) is 4.98 Å². The van der Waals surface area contributed by atoms with Crippen molar-refractivity contribution in [1.29, 1.82) is 0 Å². The van der Waals surface area contributed by atoms with Crippen molar-refractivity contribution in [3.63, 3.8) is 0 Å². The maximum absolute atomic E-state index is 5.54. The molecule has 0 aliphatic carbocycles. The molecule has 1 rings (SSSR count). The van der Waals surface area contributed by atoms with Gasteiger partial charge in [0.05, 0.1) is 6.61 Å². The fourth-order valence-corrected chi connectivity index (χ4v) is 1.43. The molecule has 6 nitrogen and oxygen atoms in total. The predicted octanol–water partition coefficient (Wildman–Crippen LogP) is 1.86. The maximum atomic E-state index is 5.54. The van der Waals surface area contributed by atoms with Gasteiger partial charge in [0.2, 0.25) is 5.88 Å². The SMILES string of the molecule is CCNc1cc(OCCOCC)nc(COCC)n1. The topological polar surface area (TPSA) is 65.5 Å². The highest BCUT2D eigenvalue weighted by atomic mass is 16.5. The minimum atomic E-state index is 0.386. The average molecular weight is 269 g/mol. The standard InChI is InChI=1S/C13H23N3O3/c1-4-14-11-9-13(19-8-7-17-5-2)16-12(15-11)10-18-6-3/h9H,4-8,10H2,1-3H3,(H,14,15,16). The summed E-state index contributed by atoms with van der Waals surface area (Å²) in [7, 11) is 0. The van der Waals surface area contributed by atoms with Crippen LogP contribution in [0.2, 0.25) is 0 Å². The van der Waals surface area contributed by atoms with Crippen LogP contribution in [0, 0.1) is 0 Å². The molecule has 0 aliphatic heterocycles. The Hall–Kier alpha value is -1.40. The highest BCUT2D eigenvalue weighted by molar-refractivity contribution is 5.38. The molecule has 108 valence electrons. The molecule has 1 aromatic heterocycles. The number of rotatable bonds is 10. The second-order valence-corrected chi connectivity index (χ2v) is 3.72. The van der Waals surface area contributed by atoms with Crippen molar-refractivity contribution in [2.75, 3.05) is 38.3 Å². The number of anilines is 1. The first-order valence-corrected chi connectivity index (χ1v) is 6.70. The molecule has 0 saturated heterocycles. The molecular formula is C13H23N3O3. The van der Waals surface area contributed by atoms with E-state index in [1.165, 1.54) is 0 Å². The summed E-state index contributed by atoms with van der Waals surface area (Å²) in [5.41, 5.74) is 0. The smallest absolute Gasteiger partial charge is 0.218 e. The van der Waals surface area contributed by atoms with Crippen molar-refractivity contribution in [3.8, 4) is 5.88 Å². The molecular weight excluding hydrogens is 246 g/mol. The second-order valence-electron chi connectivity index (χ2n) is 3.72. The lowest BCUT2D eigenvalue weighted by Crippen LogP contribution is -2.10. The molecule has 19 heavy (non-hydrogen) atoms. The molecule has 0 aliphatic rings. The van der Waals surface area contributed by atoms with Crippen molar-refractivity contribution >= 4 is 5.82 Å². The number of nitrogens with one attached hydrogen (secondary N) is 1. The van der Waals surface area contributed by atoms with Crippen molar-refractivity contribution < 1.29 is 14.2 Å². The highest BCUT2D eigenvalue weighted by Crippen LogP contribution is 2.14. The summed E-state index contributed by atoms with van der Waals surface area (Å²) >= 11 is 0. The van der Waals surface area contributed by atoms with Gasteiger partial charge in [-0.3, -0.25) is 0 Å². The first-order chi connectivity index (χ1) is 9.30. The van der Waals surface area contributed by atoms with Crippen LogP contribution in [-0.4, -0.2) is 42.9 Å². The number of hydrogen-bond acceptors (Lipinski definition) is 6. The quantitative estimate of drug-likeness (QED) is 0.654. The number of hydrogen-bond donors (Lipinski definition) is 1. The van der Waals surface area contributed by atoms with E-state index >= 15 is 0 Å². The molecule has 0 bridgehead atoms. The van der Waals surface area contributed by atoms with Crippen LogP contribution < -0.4 is 10.1 Å². The van der Waals surface area contributed by atoms with Gasteiger partial charge >= 0.3 is 0 Å². The lowest BCUT2D eigenvalue weighted by Gasteiger charge is -2.10. The predicted molar refractivity (Wildman–Crippen MR) is 73.5 cm³/mol. The molecule has 0 fully saturated rings. The Morgan fingerprint density at radius 1 is 1.05 bits per heavy atom. The van der Waals surface area contributed by atoms with Crippen molar-refractivity contribution in [2.24, 2.45) is 0 Å². The van der Waals surface area contributed by atoms with E-state index in [1.54, 1.807) is 6.07 Å². The van der Waals surface area contributed by atoms with E-state index in [1.807, 2.05) is 20.8 Å². The Labute approximate surface area is 114 Å². The van der Waals surface area contributed by atoms with E-state index in [-0.39, 0.29) is 0 Å². The Morgan fingerprint density at radius 2 is 1.84 bits per heavy atom. The summed E-state index contributed by atoms with van der Waals surface area (Å²) in [5, 5.41) is 3.15. The van der Waals surface area contributed by atoms with E-state index in [0.29, 0.717) is 44.7 Å². The minimum absolute atomic E-state index is 0.386. The van der Waals surface area contributed by atoms with Crippen LogP contribution in [0.25, 0.3) is 0 Å². The van der Waals surface area contributed by atoms with Crippen LogP contribution in [-0.2, 0) is 16.1 Å². The first-order valence-electron chi connectivity index (χ1n) is 6.70. The van der Waals surface area contributed by atoms with E-state index < -0.39 is 0 Å². The van der Waals surface area contributed by atoms with Gasteiger partial charge in [0.25, 0.3) is 0 Å². The zero-order valence-electron chi connectivity index (χ0n) is 11.9. The van der Waals surface area contributed by atoms with Crippen LogP contribution >= 0.6 is 0 Å². The monoisotopic (exact) mass is 269 g/mol. The molecule has 0 radical (unpaired) electrons. The Morgan fingerprint density at radius 3 is 2.53 bits per heavy atom. The third kappa shape index (κ3) is 6.35. The molecule has 0 aromatic carbocycles. The third-order valence-corrected chi connectivity index (χ3v) is 2.22. The summed E-state index contributed by atoms with van der Waals surface area (Å²) < 4.78 is 16.1. The van der Waals surface area contributed by atoms with E-state index in [2.05, 4.69) is 15.3 Å². The van der Waals surface area contributed by atoms with Crippen molar-refractivity contribution in [3.05, 3.63) is 11.9 Å². The van der Waals surface area contributed by atoms with Gasteiger partial charge in [-0.15, -0.1) is 0 Å². The molecule has 1 N–H and O–H groups in total. The van der Waals surface area contributed by atoms with Gasteiger partial charge in [-0.05, 0) is 20.8 Å². The molecule has 0 unspecified atom stereocenters. The fourth-order valence-electron chi connectivity index (χ4n) is 1.43. The summed E-state index contributed by atoms with van der Waals surface area (Å²) in [5.74, 6) is 1.91. The van der Waals surface area contributed by atoms with Crippen LogP contribution in [0.1, 0.15) is 26.6 Å². The Balaban J connectivity index is 2.63. The van der Waals surface area contributed by atoms with Gasteiger partial charge in [-0.2, -0.15) is 4.98 Å². The van der Waals surface area contributed by atoms with Crippen molar-refractivity contribution in [2.45, 2.75) is 27.4 Å². The van der Waals surface area contributed by atoms with Gasteiger partial charge < -0.3 is 19.5 Å². The summed E-state index contributed by atoms with van der Waals surface area (Å²) in [4.78, 5) is 8.64. The molecule has 0 saturated carbocycles. The molecule has 1 heterocycles. The summed E-state index contributed by atoms with van der Waals surface area (Å²) in [6.07, 6.45) is 0. The molecule has 1 aromatic rings. The van der Waals surface area contributed by atoms with Gasteiger partial charge in [0.15, 0.2) is 5.82 Å². The summed E-state index contributed by atoms with van der Waals surface area (Å²) in [6.45, 7) is 9.44. The number of aromatic nitrogens is 2. The second kappa shape index (κ2) is 9.52. The molecule has 0 spiro atoms. The molecule has 6 heteroatoms. The van der Waals surface area contributed by atoms with E-state index in [4.69, 9.17) is 14.2 Å². The van der Waals surface area contributed by atoms with Crippen LogP contribution in [0.3, 0.4) is 0 Å². The molecule has 0 atom stereocenters. The van der Waals surface area contributed by atoms with Gasteiger partial charge in [0.1, 0.15) is 19.0 Å². The van der Waals surface area contributed by atoms with Gasteiger partial charge in [-0.1, -0.05) is 0 Å². The van der Waals surface area contributed by atoms with Crippen molar-refractivity contribution in [1.82, 2.24) is 9.97 Å². The lowest BCUT2D eigenvalue weighted by molar-refractivity contribution is 0.106. The molecule has 0 amide bonds. The fraction of sp³-hybridized carbons (Fsp3) is 0.692. The van der Waals surface area contributed by atoms with E-state index in [9.17, 15) is 0 Å².